The highest BCUT2D eigenvalue weighted by atomic mass is 79.9. The number of rotatable bonds is 6. The van der Waals surface area contributed by atoms with Gasteiger partial charge >= 0.3 is 0 Å². The molecule has 1 atom stereocenters. The Kier molecular flexibility index (Phi) is 5.71. The molecule has 7 heteroatoms. The lowest BCUT2D eigenvalue weighted by atomic mass is 10.2. The van der Waals surface area contributed by atoms with Gasteiger partial charge in [0.05, 0.1) is 16.3 Å². The largest absolute Gasteiger partial charge is 0.383 e. The molecule has 0 spiro atoms. The highest BCUT2D eigenvalue weighted by Gasteiger charge is 2.18. The molecular weight excluding hydrogens is 325 g/mol. The van der Waals surface area contributed by atoms with Crippen LogP contribution in [0.1, 0.15) is 5.56 Å². The number of sulfonamides is 1. The van der Waals surface area contributed by atoms with E-state index in [0.717, 1.165) is 6.07 Å². The molecule has 0 aliphatic heterocycles. The van der Waals surface area contributed by atoms with Crippen molar-refractivity contribution < 1.29 is 17.5 Å². The van der Waals surface area contributed by atoms with Gasteiger partial charge in [-0.2, -0.15) is 0 Å². The van der Waals surface area contributed by atoms with Gasteiger partial charge in [-0.25, -0.2) is 17.5 Å². The number of aryl methyl sites for hydroxylation is 1. The van der Waals surface area contributed by atoms with Gasteiger partial charge in [-0.15, -0.1) is 0 Å². The van der Waals surface area contributed by atoms with Crippen LogP contribution in [0.3, 0.4) is 0 Å². The molecule has 0 bridgehead atoms. The van der Waals surface area contributed by atoms with Crippen LogP contribution in [0.2, 0.25) is 0 Å². The normalized spacial score (nSPS) is 13.6. The number of nitrogens with one attached hydrogen (secondary N) is 1. The third kappa shape index (κ3) is 4.31. The van der Waals surface area contributed by atoms with Gasteiger partial charge < -0.3 is 4.74 Å². The molecule has 0 aromatic heterocycles. The summed E-state index contributed by atoms with van der Waals surface area (Å²) in [7, 11) is -2.18. The highest BCUT2D eigenvalue weighted by Crippen LogP contribution is 2.16. The molecule has 1 rings (SSSR count). The summed E-state index contributed by atoms with van der Waals surface area (Å²) < 4.78 is 44.3. The molecule has 0 amide bonds. The Morgan fingerprint density at radius 1 is 1.50 bits per heavy atom. The molecule has 0 fully saturated rings. The van der Waals surface area contributed by atoms with Crippen molar-refractivity contribution >= 4 is 26.0 Å². The van der Waals surface area contributed by atoms with Crippen molar-refractivity contribution in [2.45, 2.75) is 16.6 Å². The lowest BCUT2D eigenvalue weighted by molar-refractivity contribution is 0.201. The Bertz CT molecular complexity index is 507. The summed E-state index contributed by atoms with van der Waals surface area (Å²) in [5, 5.41) is 0. The van der Waals surface area contributed by atoms with Gasteiger partial charge in [-0.05, 0) is 24.6 Å². The first-order valence-corrected chi connectivity index (χ1v) is 7.65. The zero-order valence-electron chi connectivity index (χ0n) is 10.1. The van der Waals surface area contributed by atoms with Crippen LogP contribution in [0.25, 0.3) is 0 Å². The maximum absolute atomic E-state index is 13.1. The molecule has 0 aliphatic rings. The van der Waals surface area contributed by atoms with Crippen LogP contribution in [-0.4, -0.2) is 33.5 Å². The second-order valence-corrected chi connectivity index (χ2v) is 6.84. The number of hydrogen-bond acceptors (Lipinski definition) is 3. The van der Waals surface area contributed by atoms with Crippen molar-refractivity contribution in [3.63, 3.8) is 0 Å². The number of alkyl halides is 1. The summed E-state index contributed by atoms with van der Waals surface area (Å²) in [6.07, 6.45) is 0. The van der Waals surface area contributed by atoms with Crippen LogP contribution in [-0.2, 0) is 14.8 Å². The fourth-order valence-electron chi connectivity index (χ4n) is 1.38. The lowest BCUT2D eigenvalue weighted by Crippen LogP contribution is -2.32. The van der Waals surface area contributed by atoms with E-state index in [2.05, 4.69) is 20.7 Å². The fraction of sp³-hybridized carbons (Fsp3) is 0.455. The van der Waals surface area contributed by atoms with Crippen LogP contribution in [0.15, 0.2) is 23.1 Å². The summed E-state index contributed by atoms with van der Waals surface area (Å²) in [6.45, 7) is 2.17. The first-order valence-electron chi connectivity index (χ1n) is 5.25. The van der Waals surface area contributed by atoms with Crippen molar-refractivity contribution in [1.82, 2.24) is 4.72 Å². The molecule has 1 unspecified atom stereocenters. The zero-order chi connectivity index (χ0) is 13.8. The van der Waals surface area contributed by atoms with Crippen molar-refractivity contribution in [2.24, 2.45) is 0 Å². The van der Waals surface area contributed by atoms with Crippen LogP contribution in [0.4, 0.5) is 4.39 Å². The Morgan fingerprint density at radius 2 is 2.17 bits per heavy atom. The van der Waals surface area contributed by atoms with Gasteiger partial charge in [0.15, 0.2) is 0 Å². The standard InChI is InChI=1S/C11H15BrFNO3S/c1-8-3-4-10(13)5-11(8)18(15,16)14-6-9(12)7-17-2/h3-5,9,14H,6-7H2,1-2H3. The van der Waals surface area contributed by atoms with E-state index < -0.39 is 15.8 Å². The molecule has 0 saturated carbocycles. The van der Waals surface area contributed by atoms with E-state index in [1.807, 2.05) is 0 Å². The van der Waals surface area contributed by atoms with Gasteiger partial charge in [0.25, 0.3) is 0 Å². The van der Waals surface area contributed by atoms with Crippen LogP contribution in [0, 0.1) is 12.7 Å². The van der Waals surface area contributed by atoms with Crippen LogP contribution in [0.5, 0.6) is 0 Å². The monoisotopic (exact) mass is 339 g/mol. The van der Waals surface area contributed by atoms with Crippen molar-refractivity contribution in [2.75, 3.05) is 20.3 Å². The molecule has 0 heterocycles. The second kappa shape index (κ2) is 6.60. The Morgan fingerprint density at radius 3 is 2.78 bits per heavy atom. The lowest BCUT2D eigenvalue weighted by Gasteiger charge is -2.12. The Labute approximate surface area is 115 Å². The summed E-state index contributed by atoms with van der Waals surface area (Å²) in [4.78, 5) is -0.175. The molecular formula is C11H15BrFNO3S. The van der Waals surface area contributed by atoms with E-state index in [1.54, 1.807) is 6.92 Å². The number of benzene rings is 1. The van der Waals surface area contributed by atoms with Gasteiger partial charge in [0.1, 0.15) is 5.82 Å². The summed E-state index contributed by atoms with van der Waals surface area (Å²) in [5.41, 5.74) is 0.502. The van der Waals surface area contributed by atoms with E-state index in [9.17, 15) is 12.8 Å². The summed E-state index contributed by atoms with van der Waals surface area (Å²) >= 11 is 3.27. The van der Waals surface area contributed by atoms with Gasteiger partial charge in [-0.3, -0.25) is 0 Å². The van der Waals surface area contributed by atoms with Crippen molar-refractivity contribution in [1.29, 1.82) is 0 Å². The van der Waals surface area contributed by atoms with Gasteiger partial charge in [0, 0.05) is 13.7 Å². The average molecular weight is 340 g/mol. The molecule has 0 aliphatic carbocycles. The molecule has 4 nitrogen and oxygen atoms in total. The summed E-state index contributed by atoms with van der Waals surface area (Å²) in [6, 6.07) is 3.68. The van der Waals surface area contributed by atoms with Crippen molar-refractivity contribution in [3.8, 4) is 0 Å². The van der Waals surface area contributed by atoms with E-state index in [0.29, 0.717) is 12.2 Å². The maximum Gasteiger partial charge on any atom is 0.240 e. The highest BCUT2D eigenvalue weighted by molar-refractivity contribution is 9.09. The minimum Gasteiger partial charge on any atom is -0.383 e. The first kappa shape index (κ1) is 15.6. The predicted molar refractivity (Wildman–Crippen MR) is 70.9 cm³/mol. The molecule has 1 N–H and O–H groups in total. The minimum atomic E-state index is -3.70. The van der Waals surface area contributed by atoms with Crippen molar-refractivity contribution in [3.05, 3.63) is 29.6 Å². The number of hydrogen-bond donors (Lipinski definition) is 1. The molecule has 0 radical (unpaired) electrons. The number of ether oxygens (including phenoxy) is 1. The van der Waals surface area contributed by atoms with E-state index in [4.69, 9.17) is 4.74 Å². The Hall–Kier alpha value is -0.500. The first-order chi connectivity index (χ1) is 8.36. The van der Waals surface area contributed by atoms with Gasteiger partial charge in [0.2, 0.25) is 10.0 Å². The van der Waals surface area contributed by atoms with E-state index in [-0.39, 0.29) is 16.3 Å². The molecule has 102 valence electrons. The average Bonchev–Trinajstić information content (AvgIpc) is 2.30. The predicted octanol–water partition coefficient (Wildman–Crippen LogP) is 1.82. The minimum absolute atomic E-state index is 0.0420. The third-order valence-electron chi connectivity index (χ3n) is 2.28. The van der Waals surface area contributed by atoms with Crippen LogP contribution < -0.4 is 4.72 Å². The quantitative estimate of drug-likeness (QED) is 0.804. The molecule has 1 aromatic rings. The van der Waals surface area contributed by atoms with E-state index in [1.165, 1.54) is 19.2 Å². The van der Waals surface area contributed by atoms with E-state index >= 15 is 0 Å². The smallest absolute Gasteiger partial charge is 0.240 e. The maximum atomic E-state index is 13.1. The number of halogens is 2. The fourth-order valence-corrected chi connectivity index (χ4v) is 3.36. The Balaban J connectivity index is 2.83. The molecule has 0 saturated heterocycles. The SMILES string of the molecule is COCC(Br)CNS(=O)(=O)c1cc(F)ccc1C. The number of methoxy groups -OCH3 is 1. The van der Waals surface area contributed by atoms with Gasteiger partial charge in [-0.1, -0.05) is 22.0 Å². The molecule has 1 aromatic carbocycles. The second-order valence-electron chi connectivity index (χ2n) is 3.81. The topological polar surface area (TPSA) is 55.4 Å². The third-order valence-corrected chi connectivity index (χ3v) is 4.44. The zero-order valence-corrected chi connectivity index (χ0v) is 12.5. The van der Waals surface area contributed by atoms with Crippen LogP contribution >= 0.6 is 15.9 Å². The molecule has 18 heavy (non-hydrogen) atoms. The summed E-state index contributed by atoms with van der Waals surface area (Å²) in [5.74, 6) is -0.576.